The molecule has 0 bridgehead atoms. The molecule has 86 valence electrons. The third-order valence-corrected chi connectivity index (χ3v) is 2.74. The van der Waals surface area contributed by atoms with Gasteiger partial charge in [0.05, 0.1) is 17.7 Å². The Labute approximate surface area is 95.3 Å². The van der Waals surface area contributed by atoms with Crippen molar-refractivity contribution < 1.29 is 18.3 Å². The van der Waals surface area contributed by atoms with Crippen LogP contribution in [0, 0.1) is 11.6 Å². The molecule has 2 rings (SSSR count). The molecule has 16 heavy (non-hydrogen) atoms. The summed E-state index contributed by atoms with van der Waals surface area (Å²) in [6.45, 7) is 0.156. The summed E-state index contributed by atoms with van der Waals surface area (Å²) in [4.78, 5) is 11.0. The maximum absolute atomic E-state index is 13.5. The highest BCUT2D eigenvalue weighted by Gasteiger charge is 2.26. The first-order valence-electron chi connectivity index (χ1n) is 4.66. The maximum atomic E-state index is 13.5. The maximum Gasteiger partial charge on any atom is 0.407 e. The third-order valence-electron chi connectivity index (χ3n) is 2.36. The molecule has 1 fully saturated rings. The number of halogens is 3. The Hall–Kier alpha value is -1.36. The molecule has 1 saturated heterocycles. The lowest BCUT2D eigenvalue weighted by Crippen LogP contribution is -2.36. The number of rotatable bonds is 1. The van der Waals surface area contributed by atoms with Gasteiger partial charge in [-0.15, -0.1) is 0 Å². The van der Waals surface area contributed by atoms with E-state index in [4.69, 9.17) is 11.6 Å². The van der Waals surface area contributed by atoms with Gasteiger partial charge < -0.3 is 10.1 Å². The average Bonchev–Trinajstić information content (AvgIpc) is 2.24. The topological polar surface area (TPSA) is 38.3 Å². The zero-order valence-electron chi connectivity index (χ0n) is 8.10. The molecule has 1 aliphatic rings. The van der Waals surface area contributed by atoms with Gasteiger partial charge >= 0.3 is 6.09 Å². The molecule has 0 radical (unpaired) electrons. The van der Waals surface area contributed by atoms with Crippen molar-refractivity contribution in [2.75, 3.05) is 6.61 Å². The molecule has 1 aliphatic heterocycles. The number of hydrogen-bond donors (Lipinski definition) is 1. The highest BCUT2D eigenvalue weighted by molar-refractivity contribution is 6.31. The zero-order valence-corrected chi connectivity index (χ0v) is 8.85. The predicted octanol–water partition coefficient (Wildman–Crippen LogP) is 2.79. The molecule has 1 aromatic rings. The van der Waals surface area contributed by atoms with E-state index < -0.39 is 23.8 Å². The highest BCUT2D eigenvalue weighted by atomic mass is 35.5. The van der Waals surface area contributed by atoms with E-state index in [0.29, 0.717) is 6.42 Å². The van der Waals surface area contributed by atoms with Gasteiger partial charge in [0.25, 0.3) is 0 Å². The fourth-order valence-electron chi connectivity index (χ4n) is 1.60. The van der Waals surface area contributed by atoms with Crippen molar-refractivity contribution in [3.63, 3.8) is 0 Å². The van der Waals surface area contributed by atoms with E-state index in [2.05, 4.69) is 10.1 Å². The number of alkyl carbamates (subject to hydrolysis) is 1. The van der Waals surface area contributed by atoms with Gasteiger partial charge in [-0.1, -0.05) is 11.6 Å². The second-order valence-corrected chi connectivity index (χ2v) is 3.76. The standard InChI is InChI=1S/C10H8ClF2NO2/c11-9-6(13)2-1-5(12)8(9)7-3-4-16-10(15)14-7/h1-2,7H,3-4H2,(H,14,15)/t7-/m0/s1. The fraction of sp³-hybridized carbons (Fsp3) is 0.300. The number of cyclic esters (lactones) is 1. The van der Waals surface area contributed by atoms with Gasteiger partial charge in [-0.3, -0.25) is 0 Å². The average molecular weight is 248 g/mol. The van der Waals surface area contributed by atoms with E-state index >= 15 is 0 Å². The van der Waals surface area contributed by atoms with Crippen LogP contribution in [-0.2, 0) is 4.74 Å². The van der Waals surface area contributed by atoms with Crippen molar-refractivity contribution in [1.29, 1.82) is 0 Å². The molecule has 0 spiro atoms. The van der Waals surface area contributed by atoms with E-state index in [1.54, 1.807) is 0 Å². The van der Waals surface area contributed by atoms with Crippen molar-refractivity contribution in [3.8, 4) is 0 Å². The van der Waals surface area contributed by atoms with Crippen molar-refractivity contribution in [3.05, 3.63) is 34.4 Å². The molecule has 0 saturated carbocycles. The molecule has 0 aliphatic carbocycles. The lowest BCUT2D eigenvalue weighted by atomic mass is 10.0. The van der Waals surface area contributed by atoms with Crippen LogP contribution in [0.25, 0.3) is 0 Å². The second-order valence-electron chi connectivity index (χ2n) is 3.38. The zero-order chi connectivity index (χ0) is 11.7. The van der Waals surface area contributed by atoms with Crippen LogP contribution in [-0.4, -0.2) is 12.7 Å². The smallest absolute Gasteiger partial charge is 0.407 e. The lowest BCUT2D eigenvalue weighted by molar-refractivity contribution is 0.115. The summed E-state index contributed by atoms with van der Waals surface area (Å²) >= 11 is 5.67. The lowest BCUT2D eigenvalue weighted by Gasteiger charge is -2.24. The SMILES string of the molecule is O=C1N[C@H](c2c(F)ccc(F)c2Cl)CCO1. The van der Waals surface area contributed by atoms with Crippen LogP contribution in [0.2, 0.25) is 5.02 Å². The van der Waals surface area contributed by atoms with E-state index in [1.807, 2.05) is 0 Å². The molecule has 0 aromatic heterocycles. The van der Waals surface area contributed by atoms with Gasteiger partial charge in [-0.05, 0) is 12.1 Å². The Balaban J connectivity index is 2.39. The van der Waals surface area contributed by atoms with Gasteiger partial charge in [0.1, 0.15) is 11.6 Å². The molecule has 1 aromatic carbocycles. The van der Waals surface area contributed by atoms with Crippen LogP contribution in [0.3, 0.4) is 0 Å². The summed E-state index contributed by atoms with van der Waals surface area (Å²) in [6, 6.07) is 1.28. The number of amides is 1. The van der Waals surface area contributed by atoms with Crippen molar-refractivity contribution in [2.45, 2.75) is 12.5 Å². The Morgan fingerprint density at radius 3 is 2.75 bits per heavy atom. The Morgan fingerprint density at radius 1 is 1.38 bits per heavy atom. The normalized spacial score (nSPS) is 20.2. The van der Waals surface area contributed by atoms with E-state index in [0.717, 1.165) is 12.1 Å². The first-order valence-corrected chi connectivity index (χ1v) is 5.04. The third kappa shape index (κ3) is 1.95. The van der Waals surface area contributed by atoms with E-state index in [1.165, 1.54) is 0 Å². The van der Waals surface area contributed by atoms with E-state index in [9.17, 15) is 13.6 Å². The molecular weight excluding hydrogens is 240 g/mol. The van der Waals surface area contributed by atoms with Crippen LogP contribution < -0.4 is 5.32 Å². The summed E-state index contributed by atoms with van der Waals surface area (Å²) < 4.78 is 31.3. The molecule has 1 atom stereocenters. The molecular formula is C10H8ClF2NO2. The van der Waals surface area contributed by atoms with Crippen LogP contribution in [0.15, 0.2) is 12.1 Å². The molecule has 0 unspecified atom stereocenters. The van der Waals surface area contributed by atoms with Crippen LogP contribution >= 0.6 is 11.6 Å². The molecule has 1 amide bonds. The Kier molecular flexibility index (Phi) is 2.96. The van der Waals surface area contributed by atoms with Crippen molar-refractivity contribution in [1.82, 2.24) is 5.32 Å². The summed E-state index contributed by atoms with van der Waals surface area (Å²) in [6.07, 6.45) is -0.303. The number of ether oxygens (including phenoxy) is 1. The van der Waals surface area contributed by atoms with Crippen molar-refractivity contribution in [2.24, 2.45) is 0 Å². The van der Waals surface area contributed by atoms with Gasteiger partial charge in [-0.2, -0.15) is 0 Å². The number of hydrogen-bond acceptors (Lipinski definition) is 2. The number of nitrogens with one attached hydrogen (secondary N) is 1. The van der Waals surface area contributed by atoms with Crippen LogP contribution in [0.4, 0.5) is 13.6 Å². The van der Waals surface area contributed by atoms with Gasteiger partial charge in [-0.25, -0.2) is 13.6 Å². The molecule has 1 N–H and O–H groups in total. The van der Waals surface area contributed by atoms with Crippen LogP contribution in [0.5, 0.6) is 0 Å². The van der Waals surface area contributed by atoms with E-state index in [-0.39, 0.29) is 17.2 Å². The predicted molar refractivity (Wildman–Crippen MR) is 53.2 cm³/mol. The summed E-state index contributed by atoms with van der Waals surface area (Å²) in [5, 5.41) is 2.09. The summed E-state index contributed by atoms with van der Waals surface area (Å²) in [5.74, 6) is -1.35. The fourth-order valence-corrected chi connectivity index (χ4v) is 1.89. The minimum atomic E-state index is -0.709. The summed E-state index contributed by atoms with van der Waals surface area (Å²) in [7, 11) is 0. The first kappa shape index (κ1) is 11.1. The number of carbonyl (C=O) groups excluding carboxylic acids is 1. The molecule has 1 heterocycles. The molecule has 6 heteroatoms. The Morgan fingerprint density at radius 2 is 2.06 bits per heavy atom. The van der Waals surface area contributed by atoms with Gasteiger partial charge in [0.15, 0.2) is 0 Å². The largest absolute Gasteiger partial charge is 0.449 e. The summed E-state index contributed by atoms with van der Waals surface area (Å²) in [5.41, 5.74) is -0.0293. The number of carbonyl (C=O) groups is 1. The minimum Gasteiger partial charge on any atom is -0.449 e. The minimum absolute atomic E-state index is 0.0293. The number of benzene rings is 1. The quantitative estimate of drug-likeness (QED) is 0.775. The van der Waals surface area contributed by atoms with Crippen LogP contribution in [0.1, 0.15) is 18.0 Å². The first-order chi connectivity index (χ1) is 7.59. The second kappa shape index (κ2) is 4.25. The highest BCUT2D eigenvalue weighted by Crippen LogP contribution is 2.31. The van der Waals surface area contributed by atoms with Gasteiger partial charge in [0, 0.05) is 12.0 Å². The molecule has 3 nitrogen and oxygen atoms in total. The Bertz CT molecular complexity index is 439. The monoisotopic (exact) mass is 247 g/mol. The van der Waals surface area contributed by atoms with Gasteiger partial charge in [0.2, 0.25) is 0 Å². The van der Waals surface area contributed by atoms with Crippen molar-refractivity contribution >= 4 is 17.7 Å².